The van der Waals surface area contributed by atoms with Gasteiger partial charge in [0.05, 0.1) is 5.52 Å². The minimum absolute atomic E-state index is 0.105. The van der Waals surface area contributed by atoms with Crippen LogP contribution >= 0.6 is 11.6 Å². The number of nitrogens with zero attached hydrogens (tertiary/aromatic N) is 1. The molecule has 1 N–H and O–H groups in total. The molecule has 0 saturated carbocycles. The normalized spacial score (nSPS) is 10.8. The van der Waals surface area contributed by atoms with Crippen LogP contribution in [0.25, 0.3) is 10.9 Å². The fraction of sp³-hybridized carbons (Fsp3) is 0.158. The molecule has 0 bridgehead atoms. The number of rotatable bonds is 3. The zero-order valence-electron chi connectivity index (χ0n) is 13.5. The van der Waals surface area contributed by atoms with E-state index < -0.39 is 5.91 Å². The number of halogens is 1. The Labute approximate surface area is 144 Å². The molecule has 0 spiro atoms. The third-order valence-corrected chi connectivity index (χ3v) is 4.14. The van der Waals surface area contributed by atoms with E-state index in [9.17, 15) is 9.59 Å². The topological polar surface area (TPSA) is 51.1 Å². The third kappa shape index (κ3) is 3.05. The van der Waals surface area contributed by atoms with Crippen LogP contribution in [-0.2, 0) is 6.54 Å². The van der Waals surface area contributed by atoms with Gasteiger partial charge in [0.25, 0.3) is 5.91 Å². The summed E-state index contributed by atoms with van der Waals surface area (Å²) in [6, 6.07) is 12.6. The largest absolute Gasteiger partial charge is 0.347 e. The van der Waals surface area contributed by atoms with Crippen LogP contribution in [0.3, 0.4) is 0 Å². The highest BCUT2D eigenvalue weighted by Crippen LogP contribution is 2.18. The molecule has 3 aromatic rings. The Balaban J connectivity index is 2.10. The van der Waals surface area contributed by atoms with Gasteiger partial charge in [0.2, 0.25) is 5.43 Å². The number of fused-ring (bicyclic) bond motifs is 1. The second kappa shape index (κ2) is 6.49. The summed E-state index contributed by atoms with van der Waals surface area (Å²) < 4.78 is 1.87. The number of hydrogen-bond donors (Lipinski definition) is 1. The van der Waals surface area contributed by atoms with E-state index in [0.29, 0.717) is 22.6 Å². The molecule has 0 aliphatic carbocycles. The highest BCUT2D eigenvalue weighted by atomic mass is 35.5. The van der Waals surface area contributed by atoms with Crippen LogP contribution in [0.1, 0.15) is 22.8 Å². The predicted octanol–water partition coefficient (Wildman–Crippen LogP) is 4.24. The van der Waals surface area contributed by atoms with Crippen LogP contribution < -0.4 is 10.7 Å². The average Bonchev–Trinajstić information content (AvgIpc) is 2.55. The van der Waals surface area contributed by atoms with Crippen LogP contribution in [0.4, 0.5) is 5.69 Å². The lowest BCUT2D eigenvalue weighted by molar-refractivity contribution is 0.102. The molecular weight excluding hydrogens is 324 g/mol. The summed E-state index contributed by atoms with van der Waals surface area (Å²) in [6.45, 7) is 4.54. The molecule has 0 atom stereocenters. The van der Waals surface area contributed by atoms with Crippen molar-refractivity contribution < 1.29 is 4.79 Å². The van der Waals surface area contributed by atoms with Crippen molar-refractivity contribution in [3.05, 3.63) is 75.0 Å². The Morgan fingerprint density at radius 3 is 2.71 bits per heavy atom. The molecule has 0 radical (unpaired) electrons. The monoisotopic (exact) mass is 340 g/mol. The number of pyridine rings is 1. The Morgan fingerprint density at radius 1 is 1.21 bits per heavy atom. The maximum Gasteiger partial charge on any atom is 0.261 e. The molecule has 0 saturated heterocycles. The van der Waals surface area contributed by atoms with E-state index in [-0.39, 0.29) is 11.0 Å². The van der Waals surface area contributed by atoms with Gasteiger partial charge in [-0.05, 0) is 49.7 Å². The molecule has 0 fully saturated rings. The van der Waals surface area contributed by atoms with E-state index in [1.165, 1.54) is 0 Å². The number of anilines is 1. The molecule has 0 aliphatic heterocycles. The van der Waals surface area contributed by atoms with Crippen LogP contribution in [0.15, 0.2) is 53.5 Å². The Bertz CT molecular complexity index is 992. The van der Waals surface area contributed by atoms with Gasteiger partial charge < -0.3 is 9.88 Å². The lowest BCUT2D eigenvalue weighted by Crippen LogP contribution is -2.23. The smallest absolute Gasteiger partial charge is 0.261 e. The van der Waals surface area contributed by atoms with Gasteiger partial charge in [-0.15, -0.1) is 0 Å². The zero-order valence-corrected chi connectivity index (χ0v) is 14.2. The minimum Gasteiger partial charge on any atom is -0.347 e. The quantitative estimate of drug-likeness (QED) is 0.775. The van der Waals surface area contributed by atoms with E-state index in [1.54, 1.807) is 30.5 Å². The number of hydrogen-bond acceptors (Lipinski definition) is 2. The number of carbonyl (C=O) groups excluding carboxylic acids is 1. The zero-order chi connectivity index (χ0) is 17.3. The first-order chi connectivity index (χ1) is 11.5. The van der Waals surface area contributed by atoms with Gasteiger partial charge in [-0.1, -0.05) is 23.7 Å². The molecular formula is C19H17ClN2O2. The van der Waals surface area contributed by atoms with Crippen LogP contribution in [0.2, 0.25) is 5.02 Å². The van der Waals surface area contributed by atoms with Crippen molar-refractivity contribution in [1.29, 1.82) is 0 Å². The number of benzene rings is 2. The van der Waals surface area contributed by atoms with Gasteiger partial charge in [0.15, 0.2) is 0 Å². The molecule has 1 aromatic heterocycles. The van der Waals surface area contributed by atoms with Crippen molar-refractivity contribution in [2.45, 2.75) is 20.4 Å². The highest BCUT2D eigenvalue weighted by Gasteiger charge is 2.15. The van der Waals surface area contributed by atoms with Crippen molar-refractivity contribution in [3.8, 4) is 0 Å². The fourth-order valence-corrected chi connectivity index (χ4v) is 2.89. The molecule has 5 heteroatoms. The predicted molar refractivity (Wildman–Crippen MR) is 98.0 cm³/mol. The third-order valence-electron chi connectivity index (χ3n) is 3.90. The second-order valence-electron chi connectivity index (χ2n) is 5.64. The number of nitrogens with one attached hydrogen (secondary N) is 1. The van der Waals surface area contributed by atoms with E-state index >= 15 is 0 Å². The summed E-state index contributed by atoms with van der Waals surface area (Å²) in [5.41, 5.74) is 2.24. The molecule has 24 heavy (non-hydrogen) atoms. The summed E-state index contributed by atoms with van der Waals surface area (Å²) in [5, 5.41) is 3.70. The Morgan fingerprint density at radius 2 is 2.00 bits per heavy atom. The minimum atomic E-state index is -0.422. The van der Waals surface area contributed by atoms with Crippen molar-refractivity contribution in [2.24, 2.45) is 0 Å². The molecule has 4 nitrogen and oxygen atoms in total. The van der Waals surface area contributed by atoms with Gasteiger partial charge in [-0.2, -0.15) is 0 Å². The molecule has 1 amide bonds. The fourth-order valence-electron chi connectivity index (χ4n) is 2.71. The van der Waals surface area contributed by atoms with Gasteiger partial charge in [-0.25, -0.2) is 0 Å². The Hall–Kier alpha value is -2.59. The van der Waals surface area contributed by atoms with Gasteiger partial charge in [0, 0.05) is 28.8 Å². The second-order valence-corrected chi connectivity index (χ2v) is 6.08. The summed E-state index contributed by atoms with van der Waals surface area (Å²) in [5.74, 6) is -0.422. The lowest BCUT2D eigenvalue weighted by Gasteiger charge is -2.12. The first-order valence-corrected chi connectivity index (χ1v) is 8.08. The first kappa shape index (κ1) is 16.3. The van der Waals surface area contributed by atoms with Crippen LogP contribution in [0, 0.1) is 6.92 Å². The van der Waals surface area contributed by atoms with Crippen molar-refractivity contribution in [3.63, 3.8) is 0 Å². The van der Waals surface area contributed by atoms with E-state index in [0.717, 1.165) is 11.1 Å². The summed E-state index contributed by atoms with van der Waals surface area (Å²) in [4.78, 5) is 25.3. The summed E-state index contributed by atoms with van der Waals surface area (Å²) >= 11 is 6.02. The van der Waals surface area contributed by atoms with Crippen LogP contribution in [-0.4, -0.2) is 10.5 Å². The number of carbonyl (C=O) groups is 1. The maximum absolute atomic E-state index is 12.7. The SMILES string of the molecule is CCn1cc(C(=O)Nc2cccc(C)c2)c(=O)c2cc(Cl)ccc21. The summed E-state index contributed by atoms with van der Waals surface area (Å²) in [6.07, 6.45) is 1.60. The van der Waals surface area contributed by atoms with E-state index in [4.69, 9.17) is 11.6 Å². The van der Waals surface area contributed by atoms with Gasteiger partial charge >= 0.3 is 0 Å². The van der Waals surface area contributed by atoms with Crippen molar-refractivity contribution >= 4 is 34.1 Å². The summed E-state index contributed by atoms with van der Waals surface area (Å²) in [7, 11) is 0. The van der Waals surface area contributed by atoms with Gasteiger partial charge in [0.1, 0.15) is 5.56 Å². The lowest BCUT2D eigenvalue weighted by atomic mass is 10.1. The van der Waals surface area contributed by atoms with Gasteiger partial charge in [-0.3, -0.25) is 9.59 Å². The molecule has 122 valence electrons. The number of aromatic nitrogens is 1. The Kier molecular flexibility index (Phi) is 4.40. The average molecular weight is 341 g/mol. The van der Waals surface area contributed by atoms with Crippen molar-refractivity contribution in [1.82, 2.24) is 4.57 Å². The van der Waals surface area contributed by atoms with Crippen LogP contribution in [0.5, 0.6) is 0 Å². The maximum atomic E-state index is 12.7. The molecule has 1 heterocycles. The van der Waals surface area contributed by atoms with Crippen molar-refractivity contribution in [2.75, 3.05) is 5.32 Å². The molecule has 2 aromatic carbocycles. The molecule has 3 rings (SSSR count). The standard InChI is InChI=1S/C19H17ClN2O2/c1-3-22-11-16(18(23)15-10-13(20)7-8-17(15)22)19(24)21-14-6-4-5-12(2)9-14/h4-11H,3H2,1-2H3,(H,21,24). The molecule has 0 aliphatic rings. The molecule has 0 unspecified atom stereocenters. The van der Waals surface area contributed by atoms with E-state index in [1.807, 2.05) is 36.6 Å². The number of aryl methyl sites for hydroxylation is 2. The highest BCUT2D eigenvalue weighted by molar-refractivity contribution is 6.31. The number of amides is 1. The van der Waals surface area contributed by atoms with E-state index in [2.05, 4.69) is 5.32 Å². The first-order valence-electron chi connectivity index (χ1n) is 7.70.